The van der Waals surface area contributed by atoms with Crippen LogP contribution in [0.15, 0.2) is 49.6 Å². The Morgan fingerprint density at radius 1 is 1.32 bits per heavy atom. The molecule has 0 radical (unpaired) electrons. The van der Waals surface area contributed by atoms with Crippen LogP contribution in [0.3, 0.4) is 0 Å². The fourth-order valence-corrected chi connectivity index (χ4v) is 1.71. The van der Waals surface area contributed by atoms with Gasteiger partial charge in [0.15, 0.2) is 0 Å². The lowest BCUT2D eigenvalue weighted by Crippen LogP contribution is -2.50. The van der Waals surface area contributed by atoms with E-state index in [-0.39, 0.29) is 5.91 Å². The maximum Gasteiger partial charge on any atom is 0.245 e. The van der Waals surface area contributed by atoms with Gasteiger partial charge in [0.1, 0.15) is 11.3 Å². The van der Waals surface area contributed by atoms with Crippen LogP contribution in [-0.4, -0.2) is 18.6 Å². The monoisotopic (exact) mass is 260 g/mol. The standard InChI is InChI=1S/C15H20N2O2/c1-4-10-15(16,11-5-2)14(18)17-12-6-8-13(19-3)9-7-12/h4-9H,1-2,10-11,16H2,3H3,(H,17,18). The summed E-state index contributed by atoms with van der Waals surface area (Å²) in [6.45, 7) is 7.26. The first-order valence-electron chi connectivity index (χ1n) is 6.02. The number of carbonyl (C=O) groups is 1. The van der Waals surface area contributed by atoms with Crippen molar-refractivity contribution in [3.63, 3.8) is 0 Å². The molecule has 1 aromatic carbocycles. The van der Waals surface area contributed by atoms with Crippen LogP contribution in [0.5, 0.6) is 5.75 Å². The summed E-state index contributed by atoms with van der Waals surface area (Å²) in [4.78, 5) is 12.2. The predicted molar refractivity (Wildman–Crippen MR) is 78.2 cm³/mol. The van der Waals surface area contributed by atoms with Crippen LogP contribution in [0, 0.1) is 0 Å². The summed E-state index contributed by atoms with van der Waals surface area (Å²) >= 11 is 0. The van der Waals surface area contributed by atoms with Gasteiger partial charge in [-0.25, -0.2) is 0 Å². The van der Waals surface area contributed by atoms with Gasteiger partial charge in [-0.15, -0.1) is 13.2 Å². The Hall–Kier alpha value is -2.07. The molecule has 0 saturated heterocycles. The zero-order chi connectivity index (χ0) is 14.3. The SMILES string of the molecule is C=CCC(N)(CC=C)C(=O)Nc1ccc(OC)cc1. The van der Waals surface area contributed by atoms with E-state index in [0.717, 1.165) is 5.75 Å². The molecule has 19 heavy (non-hydrogen) atoms. The van der Waals surface area contributed by atoms with Crippen molar-refractivity contribution in [2.75, 3.05) is 12.4 Å². The molecule has 0 bridgehead atoms. The number of benzene rings is 1. The van der Waals surface area contributed by atoms with E-state index in [9.17, 15) is 4.79 Å². The Bertz CT molecular complexity index is 442. The minimum absolute atomic E-state index is 0.252. The van der Waals surface area contributed by atoms with Gasteiger partial charge in [0.25, 0.3) is 0 Å². The van der Waals surface area contributed by atoms with Crippen LogP contribution in [0.25, 0.3) is 0 Å². The van der Waals surface area contributed by atoms with Crippen LogP contribution >= 0.6 is 0 Å². The van der Waals surface area contributed by atoms with Gasteiger partial charge >= 0.3 is 0 Å². The lowest BCUT2D eigenvalue weighted by molar-refractivity contribution is -0.121. The third-order valence-corrected chi connectivity index (χ3v) is 2.82. The second-order valence-electron chi connectivity index (χ2n) is 4.32. The molecule has 0 aliphatic rings. The molecule has 0 spiro atoms. The van der Waals surface area contributed by atoms with E-state index in [1.165, 1.54) is 0 Å². The summed E-state index contributed by atoms with van der Waals surface area (Å²) in [5, 5.41) is 2.79. The minimum Gasteiger partial charge on any atom is -0.497 e. The first-order valence-corrected chi connectivity index (χ1v) is 6.02. The Morgan fingerprint density at radius 2 is 1.84 bits per heavy atom. The van der Waals surface area contributed by atoms with E-state index >= 15 is 0 Å². The molecule has 0 saturated carbocycles. The van der Waals surface area contributed by atoms with Gasteiger partial charge < -0.3 is 15.8 Å². The molecule has 1 rings (SSSR count). The van der Waals surface area contributed by atoms with Gasteiger partial charge in [-0.2, -0.15) is 0 Å². The lowest BCUT2D eigenvalue weighted by Gasteiger charge is -2.25. The van der Waals surface area contributed by atoms with Crippen molar-refractivity contribution in [2.45, 2.75) is 18.4 Å². The first kappa shape index (κ1) is 15.0. The molecule has 0 aliphatic carbocycles. The molecule has 102 valence electrons. The van der Waals surface area contributed by atoms with Gasteiger partial charge in [-0.3, -0.25) is 4.79 Å². The molecule has 0 fully saturated rings. The molecule has 0 atom stereocenters. The Morgan fingerprint density at radius 3 is 2.26 bits per heavy atom. The average Bonchev–Trinajstić information content (AvgIpc) is 2.40. The summed E-state index contributed by atoms with van der Waals surface area (Å²) in [5.74, 6) is 0.478. The molecular weight excluding hydrogens is 240 g/mol. The summed E-state index contributed by atoms with van der Waals surface area (Å²) in [6, 6.07) is 7.07. The van der Waals surface area contributed by atoms with Crippen molar-refractivity contribution < 1.29 is 9.53 Å². The highest BCUT2D eigenvalue weighted by atomic mass is 16.5. The Labute approximate surface area is 114 Å². The van der Waals surface area contributed by atoms with E-state index in [1.54, 1.807) is 43.5 Å². The second-order valence-corrected chi connectivity index (χ2v) is 4.32. The highest BCUT2D eigenvalue weighted by molar-refractivity contribution is 5.98. The number of carbonyl (C=O) groups excluding carboxylic acids is 1. The van der Waals surface area contributed by atoms with E-state index in [1.807, 2.05) is 0 Å². The molecular formula is C15H20N2O2. The lowest BCUT2D eigenvalue weighted by atomic mass is 9.91. The fourth-order valence-electron chi connectivity index (χ4n) is 1.71. The molecule has 1 amide bonds. The number of anilines is 1. The van der Waals surface area contributed by atoms with E-state index < -0.39 is 5.54 Å². The molecule has 1 aromatic rings. The number of hydrogen-bond acceptors (Lipinski definition) is 3. The van der Waals surface area contributed by atoms with Crippen molar-refractivity contribution in [3.05, 3.63) is 49.6 Å². The maximum atomic E-state index is 12.2. The van der Waals surface area contributed by atoms with E-state index in [2.05, 4.69) is 18.5 Å². The van der Waals surface area contributed by atoms with Crippen LogP contribution in [0.1, 0.15) is 12.8 Å². The molecule has 4 nitrogen and oxygen atoms in total. The zero-order valence-electron chi connectivity index (χ0n) is 11.2. The quantitative estimate of drug-likeness (QED) is 0.740. The van der Waals surface area contributed by atoms with Crippen molar-refractivity contribution in [1.82, 2.24) is 0 Å². The molecule has 0 unspecified atom stereocenters. The molecule has 0 aliphatic heterocycles. The number of nitrogens with one attached hydrogen (secondary N) is 1. The highest BCUT2D eigenvalue weighted by Gasteiger charge is 2.31. The summed E-state index contributed by atoms with van der Waals surface area (Å²) in [7, 11) is 1.59. The largest absolute Gasteiger partial charge is 0.497 e. The molecule has 0 heterocycles. The van der Waals surface area contributed by atoms with Crippen LogP contribution in [0.2, 0.25) is 0 Å². The number of amides is 1. The summed E-state index contributed by atoms with van der Waals surface area (Å²) in [6.07, 6.45) is 4.05. The van der Waals surface area contributed by atoms with Gasteiger partial charge in [-0.1, -0.05) is 12.2 Å². The normalized spacial score (nSPS) is 10.6. The summed E-state index contributed by atoms with van der Waals surface area (Å²) < 4.78 is 5.05. The van der Waals surface area contributed by atoms with Crippen molar-refractivity contribution in [3.8, 4) is 5.75 Å². The third-order valence-electron chi connectivity index (χ3n) is 2.82. The number of hydrogen-bond donors (Lipinski definition) is 2. The number of rotatable bonds is 7. The van der Waals surface area contributed by atoms with Gasteiger partial charge in [0, 0.05) is 5.69 Å². The van der Waals surface area contributed by atoms with Gasteiger partial charge in [0.2, 0.25) is 5.91 Å². The van der Waals surface area contributed by atoms with Crippen LogP contribution < -0.4 is 15.8 Å². The maximum absolute atomic E-state index is 12.2. The Balaban J connectivity index is 2.80. The minimum atomic E-state index is -1.01. The smallest absolute Gasteiger partial charge is 0.245 e. The highest BCUT2D eigenvalue weighted by Crippen LogP contribution is 2.19. The number of ether oxygens (including phenoxy) is 1. The number of nitrogens with two attached hydrogens (primary N) is 1. The zero-order valence-corrected chi connectivity index (χ0v) is 11.2. The molecule has 0 aromatic heterocycles. The van der Waals surface area contributed by atoms with Gasteiger partial charge in [-0.05, 0) is 37.1 Å². The van der Waals surface area contributed by atoms with E-state index in [4.69, 9.17) is 10.5 Å². The average molecular weight is 260 g/mol. The molecule has 4 heteroatoms. The Kier molecular flexibility index (Phi) is 5.33. The third kappa shape index (κ3) is 3.96. The number of methoxy groups -OCH3 is 1. The van der Waals surface area contributed by atoms with Gasteiger partial charge in [0.05, 0.1) is 7.11 Å². The predicted octanol–water partition coefficient (Wildman–Crippen LogP) is 2.48. The van der Waals surface area contributed by atoms with Crippen LogP contribution in [-0.2, 0) is 4.79 Å². The first-order chi connectivity index (χ1) is 9.05. The van der Waals surface area contributed by atoms with Crippen LogP contribution in [0.4, 0.5) is 5.69 Å². The molecule has 3 N–H and O–H groups in total. The fraction of sp³-hybridized carbons (Fsp3) is 0.267. The van der Waals surface area contributed by atoms with Crippen molar-refractivity contribution in [2.24, 2.45) is 5.73 Å². The second kappa shape index (κ2) is 6.75. The van der Waals surface area contributed by atoms with Crippen molar-refractivity contribution >= 4 is 11.6 Å². The van der Waals surface area contributed by atoms with Crippen molar-refractivity contribution in [1.29, 1.82) is 0 Å². The topological polar surface area (TPSA) is 64.4 Å². The van der Waals surface area contributed by atoms with E-state index in [0.29, 0.717) is 18.5 Å². The summed E-state index contributed by atoms with van der Waals surface area (Å²) in [5.41, 5.74) is 5.75.